The molecule has 0 N–H and O–H groups in total. The Kier molecular flexibility index (Phi) is 7.95. The minimum atomic E-state index is -0.134. The highest BCUT2D eigenvalue weighted by Crippen LogP contribution is 2.53. The largest absolute Gasteiger partial charge is 0.456 e. The molecule has 0 amide bonds. The van der Waals surface area contributed by atoms with E-state index in [0.717, 1.165) is 55.4 Å². The third kappa shape index (κ3) is 5.47. The van der Waals surface area contributed by atoms with E-state index >= 15 is 0 Å². The number of furan rings is 1. The van der Waals surface area contributed by atoms with E-state index in [1.165, 1.54) is 71.4 Å². The molecule has 1 aliphatic carbocycles. The predicted molar refractivity (Wildman–Crippen MR) is 267 cm³/mol. The van der Waals surface area contributed by atoms with Gasteiger partial charge in [0.05, 0.1) is 11.4 Å². The number of rotatable bonds is 5. The first-order valence-electron chi connectivity index (χ1n) is 22.1. The van der Waals surface area contributed by atoms with Crippen LogP contribution < -0.4 is 0 Å². The summed E-state index contributed by atoms with van der Waals surface area (Å²) in [6.07, 6.45) is 0. The Labute approximate surface area is 371 Å². The lowest BCUT2D eigenvalue weighted by atomic mass is 9.79. The molecular formula is C61H40N2O. The SMILES string of the molecule is CC1(C)c2cc(-c3ccc(-c4ccc(-c5cc(-c6cccc7oc8ccccc8c67)nc(-c6ccccc6)n5)c5ccccc45)c4ccccc34)ccc2-c2ccc3ccccc3c21. The molecule has 0 atom stereocenters. The van der Waals surface area contributed by atoms with E-state index in [4.69, 9.17) is 14.4 Å². The Bertz CT molecular complexity index is 3880. The third-order valence-corrected chi connectivity index (χ3v) is 13.7. The molecular weight excluding hydrogens is 777 g/mol. The van der Waals surface area contributed by atoms with Crippen molar-refractivity contribution in [2.24, 2.45) is 0 Å². The maximum absolute atomic E-state index is 6.33. The molecule has 300 valence electrons. The van der Waals surface area contributed by atoms with Gasteiger partial charge >= 0.3 is 0 Å². The van der Waals surface area contributed by atoms with Crippen LogP contribution in [0.2, 0.25) is 0 Å². The molecule has 13 rings (SSSR count). The van der Waals surface area contributed by atoms with Gasteiger partial charge in [-0.2, -0.15) is 0 Å². The van der Waals surface area contributed by atoms with E-state index in [-0.39, 0.29) is 5.41 Å². The highest BCUT2D eigenvalue weighted by molar-refractivity contribution is 6.14. The van der Waals surface area contributed by atoms with Crippen LogP contribution >= 0.6 is 0 Å². The zero-order valence-corrected chi connectivity index (χ0v) is 35.4. The van der Waals surface area contributed by atoms with Crippen LogP contribution in [0.4, 0.5) is 0 Å². The Morgan fingerprint density at radius 1 is 0.359 bits per heavy atom. The smallest absolute Gasteiger partial charge is 0.160 e. The van der Waals surface area contributed by atoms with Crippen molar-refractivity contribution in [2.75, 3.05) is 0 Å². The molecule has 0 fully saturated rings. The summed E-state index contributed by atoms with van der Waals surface area (Å²) in [4.78, 5) is 10.6. The first-order chi connectivity index (χ1) is 31.5. The second-order valence-electron chi connectivity index (χ2n) is 17.6. The van der Waals surface area contributed by atoms with Crippen molar-refractivity contribution >= 4 is 54.3 Å². The summed E-state index contributed by atoms with van der Waals surface area (Å²) in [5, 5.41) is 9.53. The molecule has 1 aliphatic rings. The van der Waals surface area contributed by atoms with Crippen molar-refractivity contribution in [1.82, 2.24) is 9.97 Å². The van der Waals surface area contributed by atoms with Crippen LogP contribution in [-0.2, 0) is 5.41 Å². The van der Waals surface area contributed by atoms with Gasteiger partial charge in [-0.25, -0.2) is 9.97 Å². The fourth-order valence-electron chi connectivity index (χ4n) is 10.7. The molecule has 10 aromatic carbocycles. The van der Waals surface area contributed by atoms with Crippen molar-refractivity contribution in [3.05, 3.63) is 217 Å². The molecule has 0 saturated heterocycles. The maximum atomic E-state index is 6.33. The van der Waals surface area contributed by atoms with Gasteiger partial charge in [-0.15, -0.1) is 0 Å². The summed E-state index contributed by atoms with van der Waals surface area (Å²) in [6.45, 7) is 4.77. The average Bonchev–Trinajstić information content (AvgIpc) is 3.85. The van der Waals surface area contributed by atoms with Gasteiger partial charge in [-0.1, -0.05) is 196 Å². The van der Waals surface area contributed by atoms with Crippen LogP contribution in [0.1, 0.15) is 25.0 Å². The van der Waals surface area contributed by atoms with Crippen molar-refractivity contribution in [3.8, 4) is 67.3 Å². The van der Waals surface area contributed by atoms with Gasteiger partial charge in [-0.3, -0.25) is 0 Å². The van der Waals surface area contributed by atoms with Crippen LogP contribution in [-0.4, -0.2) is 9.97 Å². The molecule has 12 aromatic rings. The monoisotopic (exact) mass is 816 g/mol. The summed E-state index contributed by atoms with van der Waals surface area (Å²) >= 11 is 0. The van der Waals surface area contributed by atoms with Gasteiger partial charge in [0.2, 0.25) is 0 Å². The Morgan fingerprint density at radius 3 is 1.66 bits per heavy atom. The number of hydrogen-bond acceptors (Lipinski definition) is 3. The Balaban J connectivity index is 0.958. The van der Waals surface area contributed by atoms with Crippen molar-refractivity contribution in [1.29, 1.82) is 0 Å². The van der Waals surface area contributed by atoms with E-state index in [1.807, 2.05) is 36.4 Å². The fourth-order valence-corrected chi connectivity index (χ4v) is 10.7. The molecule has 3 nitrogen and oxygen atoms in total. The van der Waals surface area contributed by atoms with Gasteiger partial charge in [0.15, 0.2) is 5.82 Å². The maximum Gasteiger partial charge on any atom is 0.160 e. The average molecular weight is 817 g/mol. The second kappa shape index (κ2) is 13.9. The minimum absolute atomic E-state index is 0.134. The van der Waals surface area contributed by atoms with Gasteiger partial charge < -0.3 is 4.42 Å². The summed E-state index contributed by atoms with van der Waals surface area (Å²) in [5.41, 5.74) is 16.7. The van der Waals surface area contributed by atoms with Gasteiger partial charge in [0.25, 0.3) is 0 Å². The second-order valence-corrected chi connectivity index (χ2v) is 17.6. The fraction of sp³-hybridized carbons (Fsp3) is 0.0492. The Morgan fingerprint density at radius 2 is 0.906 bits per heavy atom. The van der Waals surface area contributed by atoms with Crippen LogP contribution in [0.15, 0.2) is 211 Å². The topological polar surface area (TPSA) is 38.9 Å². The number of aromatic nitrogens is 2. The number of benzene rings is 10. The van der Waals surface area contributed by atoms with Crippen molar-refractivity contribution in [3.63, 3.8) is 0 Å². The molecule has 2 heterocycles. The molecule has 0 saturated carbocycles. The zero-order chi connectivity index (χ0) is 42.5. The van der Waals surface area contributed by atoms with Gasteiger partial charge in [-0.05, 0) is 101 Å². The van der Waals surface area contributed by atoms with Crippen LogP contribution in [0.5, 0.6) is 0 Å². The number of para-hydroxylation sites is 1. The normalized spacial score (nSPS) is 13.0. The molecule has 0 bridgehead atoms. The summed E-state index contributed by atoms with van der Waals surface area (Å²) in [5.74, 6) is 0.680. The van der Waals surface area contributed by atoms with Gasteiger partial charge in [0.1, 0.15) is 11.2 Å². The highest BCUT2D eigenvalue weighted by Gasteiger charge is 2.37. The van der Waals surface area contributed by atoms with E-state index in [2.05, 4.69) is 184 Å². The molecule has 0 aliphatic heterocycles. The highest BCUT2D eigenvalue weighted by atomic mass is 16.3. The number of fused-ring (bicyclic) bond motifs is 10. The van der Waals surface area contributed by atoms with E-state index < -0.39 is 0 Å². The number of hydrogen-bond donors (Lipinski definition) is 0. The lowest BCUT2D eigenvalue weighted by Crippen LogP contribution is -2.15. The quantitative estimate of drug-likeness (QED) is 0.174. The van der Waals surface area contributed by atoms with E-state index in [1.54, 1.807) is 0 Å². The molecule has 0 unspecified atom stereocenters. The summed E-state index contributed by atoms with van der Waals surface area (Å²) < 4.78 is 6.33. The first kappa shape index (κ1) is 36.5. The molecule has 3 heteroatoms. The summed E-state index contributed by atoms with van der Waals surface area (Å²) in [7, 11) is 0. The van der Waals surface area contributed by atoms with E-state index in [9.17, 15) is 0 Å². The van der Waals surface area contributed by atoms with Gasteiger partial charge in [0, 0.05) is 32.9 Å². The lowest BCUT2D eigenvalue weighted by molar-refractivity contribution is 0.666. The molecule has 0 radical (unpaired) electrons. The van der Waals surface area contributed by atoms with Crippen LogP contribution in [0, 0.1) is 0 Å². The van der Waals surface area contributed by atoms with Crippen LogP contribution in [0.3, 0.4) is 0 Å². The zero-order valence-electron chi connectivity index (χ0n) is 35.4. The van der Waals surface area contributed by atoms with Crippen LogP contribution in [0.25, 0.3) is 122 Å². The lowest BCUT2D eigenvalue weighted by Gasteiger charge is -2.24. The number of nitrogens with zero attached hydrogens (tertiary/aromatic N) is 2. The molecule has 2 aromatic heterocycles. The standard InChI is InChI=1S/C61H40N2O/c1-61(2)53-35-39(28-29-48(53)50-30-27-37-15-6-7-18-41(37)59(50)61)40-31-32-46(43-20-9-8-19-42(40)43)47-33-34-49(45-22-11-10-21-44(45)47)54-36-55(63-60(62-54)38-16-4-3-5-17-38)51-24-14-26-57-58(51)52-23-12-13-25-56(52)64-57/h3-36H,1-2H3. The van der Waals surface area contributed by atoms with Crippen molar-refractivity contribution < 1.29 is 4.42 Å². The molecule has 64 heavy (non-hydrogen) atoms. The predicted octanol–water partition coefficient (Wildman–Crippen LogP) is 16.5. The first-order valence-corrected chi connectivity index (χ1v) is 22.1. The van der Waals surface area contributed by atoms with E-state index in [0.29, 0.717) is 5.82 Å². The van der Waals surface area contributed by atoms with Crippen molar-refractivity contribution in [2.45, 2.75) is 19.3 Å². The summed E-state index contributed by atoms with van der Waals surface area (Å²) in [6, 6.07) is 74.2. The third-order valence-electron chi connectivity index (χ3n) is 13.7. The Hall–Kier alpha value is -8.14. The minimum Gasteiger partial charge on any atom is -0.456 e. The molecule has 0 spiro atoms.